The van der Waals surface area contributed by atoms with Crippen molar-refractivity contribution in [2.45, 2.75) is 36.6 Å². The van der Waals surface area contributed by atoms with Gasteiger partial charge in [0.05, 0.1) is 0 Å². The van der Waals surface area contributed by atoms with Gasteiger partial charge in [-0.1, -0.05) is 0 Å². The van der Waals surface area contributed by atoms with E-state index in [9.17, 15) is 0 Å². The van der Waals surface area contributed by atoms with Crippen molar-refractivity contribution in [2.75, 3.05) is 0 Å². The maximum atomic E-state index is 8.97. The molecule has 9 nitrogen and oxygen atoms in total. The summed E-state index contributed by atoms with van der Waals surface area (Å²) in [5.41, 5.74) is 0. The van der Waals surface area contributed by atoms with Crippen LogP contribution in [-0.4, -0.2) is 78.5 Å². The van der Waals surface area contributed by atoms with Gasteiger partial charge in [0.2, 0.25) is 6.16 Å². The molecule has 96 valence electrons. The zero-order valence-corrected chi connectivity index (χ0v) is 10.9. The van der Waals surface area contributed by atoms with Crippen molar-refractivity contribution in [2.24, 2.45) is 0 Å². The summed E-state index contributed by atoms with van der Waals surface area (Å²) in [6.45, 7) is 0. The van der Waals surface area contributed by atoms with Crippen LogP contribution in [0, 0.1) is 0 Å². The molecule has 7 N–H and O–H groups in total. The van der Waals surface area contributed by atoms with Crippen LogP contribution in [-0.2, 0) is 0 Å². The molecule has 0 atom stereocenters. The third-order valence-corrected chi connectivity index (χ3v) is 2.10. The minimum Gasteiger partial charge on any atom is -0.565 e. The summed E-state index contributed by atoms with van der Waals surface area (Å²) in [5, 5.41) is 69.1. The van der Waals surface area contributed by atoms with E-state index in [0.717, 1.165) is 0 Å². The van der Waals surface area contributed by atoms with Gasteiger partial charge in [0, 0.05) is 0 Å². The molecular weight excluding hydrogens is 251 g/mol. The van der Waals surface area contributed by atoms with Crippen molar-refractivity contribution in [3.05, 3.63) is 0 Å². The van der Waals surface area contributed by atoms with Crippen LogP contribution in [0.3, 0.4) is 0 Å². The van der Waals surface area contributed by atoms with Gasteiger partial charge in [0.1, 0.15) is 36.6 Å². The summed E-state index contributed by atoms with van der Waals surface area (Å²) in [6.07, 6.45) is -11.9. The van der Waals surface area contributed by atoms with Crippen LogP contribution in [0.15, 0.2) is 0 Å². The Hall–Kier alpha value is 0.0300. The summed E-state index contributed by atoms with van der Waals surface area (Å²) in [6, 6.07) is 0. The van der Waals surface area contributed by atoms with Crippen molar-refractivity contribution in [3.63, 3.8) is 0 Å². The Morgan fingerprint density at radius 3 is 0.824 bits per heavy atom. The van der Waals surface area contributed by atoms with Crippen LogP contribution in [0.25, 0.3) is 0 Å². The van der Waals surface area contributed by atoms with E-state index in [1.54, 1.807) is 0 Å². The Kier molecular flexibility index (Phi) is 9.33. The van der Waals surface area contributed by atoms with Gasteiger partial charge in [-0.25, -0.2) is 0 Å². The average Bonchev–Trinajstić information content (AvgIpc) is 2.20. The zero-order valence-electron chi connectivity index (χ0n) is 8.91. The first-order chi connectivity index (χ1) is 7.20. The topological polar surface area (TPSA) is 182 Å². The second kappa shape index (κ2) is 8.19. The van der Waals surface area contributed by atoms with E-state index in [2.05, 4.69) is 0 Å². The molecule has 17 heavy (non-hydrogen) atoms. The molecule has 0 spiro atoms. The smallest absolute Gasteiger partial charge is 0.565 e. The molecule has 1 fully saturated rings. The third kappa shape index (κ3) is 5.46. The predicted octanol–water partition coefficient (Wildman–Crippen LogP) is -7.94. The monoisotopic (exact) mass is 264 g/mol. The van der Waals surface area contributed by atoms with E-state index in [-0.39, 0.29) is 29.6 Å². The van der Waals surface area contributed by atoms with Gasteiger partial charge in [-0.15, -0.1) is 0 Å². The molecule has 0 radical (unpaired) electrons. The number of carbonyl (C=O) groups is 1. The Morgan fingerprint density at radius 2 is 0.765 bits per heavy atom. The maximum absolute atomic E-state index is 8.97. The number of aliphatic hydroxyl groups excluding tert-OH is 6. The van der Waals surface area contributed by atoms with Crippen molar-refractivity contribution in [1.29, 1.82) is 0 Å². The number of hydrogen-bond acceptors (Lipinski definition) is 8. The quantitative estimate of drug-likeness (QED) is 0.209. The number of hydrogen-bond donors (Lipinski definition) is 7. The van der Waals surface area contributed by atoms with Crippen LogP contribution in [0.2, 0.25) is 0 Å². The summed E-state index contributed by atoms with van der Waals surface area (Å²) in [7, 11) is 0. The summed E-state index contributed by atoms with van der Waals surface area (Å²) < 4.78 is 0. The standard InChI is InChI=1S/C6H12O6.CH2O3.Na/c7-1-2(8)4(10)6(12)5(11)3(1)9;2-1(3)4;/h1-12H;(H2,2,3,4);/q;;+1/p-1. The van der Waals surface area contributed by atoms with E-state index < -0.39 is 42.8 Å². The first-order valence-corrected chi connectivity index (χ1v) is 4.18. The van der Waals surface area contributed by atoms with Crippen LogP contribution in [0.4, 0.5) is 4.79 Å². The fraction of sp³-hybridized carbons (Fsp3) is 0.857. The van der Waals surface area contributed by atoms with E-state index in [1.807, 2.05) is 0 Å². The Morgan fingerprint density at radius 1 is 0.706 bits per heavy atom. The predicted molar refractivity (Wildman–Crippen MR) is 44.1 cm³/mol. The van der Waals surface area contributed by atoms with Crippen molar-refractivity contribution < 1.29 is 75.2 Å². The molecule has 0 aromatic carbocycles. The molecule has 0 aliphatic heterocycles. The van der Waals surface area contributed by atoms with Gasteiger partial charge in [0.25, 0.3) is 0 Å². The van der Waals surface area contributed by atoms with Gasteiger partial charge in [-0.3, -0.25) is 0 Å². The molecule has 0 saturated heterocycles. The largest absolute Gasteiger partial charge is 1.00 e. The van der Waals surface area contributed by atoms with Gasteiger partial charge in [0.15, 0.2) is 0 Å². The fourth-order valence-electron chi connectivity index (χ4n) is 1.21. The summed E-state index contributed by atoms with van der Waals surface area (Å²) in [4.78, 5) is 8.44. The number of rotatable bonds is 0. The van der Waals surface area contributed by atoms with Crippen molar-refractivity contribution in [1.82, 2.24) is 0 Å². The third-order valence-electron chi connectivity index (χ3n) is 2.10. The van der Waals surface area contributed by atoms with Crippen LogP contribution in [0.1, 0.15) is 0 Å². The molecule has 1 rings (SSSR count). The molecule has 0 bridgehead atoms. The van der Waals surface area contributed by atoms with E-state index in [4.69, 9.17) is 45.6 Å². The average molecular weight is 264 g/mol. The summed E-state index contributed by atoms with van der Waals surface area (Å²) in [5.74, 6) is 0. The SMILES string of the molecule is O=C([O-])O.OC1C(O)C(O)C(O)C(O)C1O.[Na+]. The van der Waals surface area contributed by atoms with E-state index in [1.165, 1.54) is 0 Å². The van der Waals surface area contributed by atoms with Gasteiger partial charge in [-0.2, -0.15) is 0 Å². The minimum atomic E-state index is -2.08. The van der Waals surface area contributed by atoms with E-state index in [0.29, 0.717) is 0 Å². The Balaban J connectivity index is 0. The first kappa shape index (κ1) is 19.4. The van der Waals surface area contributed by atoms with Crippen molar-refractivity contribution in [3.8, 4) is 0 Å². The first-order valence-electron chi connectivity index (χ1n) is 4.18. The zero-order chi connectivity index (χ0) is 13.0. The molecule has 0 unspecified atom stereocenters. The van der Waals surface area contributed by atoms with E-state index >= 15 is 0 Å². The molecule has 1 aliphatic rings. The Labute approximate surface area is 118 Å². The van der Waals surface area contributed by atoms with Gasteiger partial charge >= 0.3 is 29.6 Å². The number of carboxylic acid groups (broad SMARTS) is 2. The van der Waals surface area contributed by atoms with Crippen LogP contribution in [0.5, 0.6) is 0 Å². The fourth-order valence-corrected chi connectivity index (χ4v) is 1.21. The second-order valence-corrected chi connectivity index (χ2v) is 3.21. The molecular formula is C7H13NaO9. The molecule has 1 saturated carbocycles. The Bertz CT molecular complexity index is 175. The second-order valence-electron chi connectivity index (χ2n) is 3.21. The molecule has 0 aromatic rings. The normalized spacial score (nSPS) is 40.6. The van der Waals surface area contributed by atoms with Gasteiger partial charge < -0.3 is 45.6 Å². The molecule has 10 heteroatoms. The molecule has 0 aromatic heterocycles. The van der Waals surface area contributed by atoms with Gasteiger partial charge in [-0.05, 0) is 0 Å². The van der Waals surface area contributed by atoms with Crippen LogP contribution >= 0.6 is 0 Å². The van der Waals surface area contributed by atoms with Crippen LogP contribution < -0.4 is 34.7 Å². The number of aliphatic hydroxyl groups is 6. The molecule has 0 heterocycles. The maximum Gasteiger partial charge on any atom is 1.00 e. The summed E-state index contributed by atoms with van der Waals surface area (Å²) >= 11 is 0. The minimum absolute atomic E-state index is 0. The molecule has 1 aliphatic carbocycles. The molecule has 0 amide bonds. The van der Waals surface area contributed by atoms with Crippen molar-refractivity contribution >= 4 is 6.16 Å².